The molecule has 0 aliphatic carbocycles. The molecule has 0 atom stereocenters. The number of halogens is 2. The van der Waals surface area contributed by atoms with Crippen LogP contribution < -0.4 is 5.32 Å². The Morgan fingerprint density at radius 1 is 1.50 bits per heavy atom. The maximum atomic E-state index is 13.5. The van der Waals surface area contributed by atoms with Crippen molar-refractivity contribution in [3.8, 4) is 0 Å². The van der Waals surface area contributed by atoms with Crippen molar-refractivity contribution in [2.45, 2.75) is 26.4 Å². The average Bonchev–Trinajstić information content (AvgIpc) is 2.35. The number of nitro benzene ring substituents is 1. The Morgan fingerprint density at radius 2 is 2.14 bits per heavy atom. The fourth-order valence-corrected chi connectivity index (χ4v) is 1.68. The van der Waals surface area contributed by atoms with Gasteiger partial charge in [-0.1, -0.05) is 23.8 Å². The van der Waals surface area contributed by atoms with Crippen LogP contribution in [0.25, 0.3) is 6.08 Å². The van der Waals surface area contributed by atoms with Crippen LogP contribution in [0.4, 0.5) is 14.9 Å². The number of nitro groups is 1. The summed E-state index contributed by atoms with van der Waals surface area (Å²) in [5.74, 6) is -0.978. The zero-order chi connectivity index (χ0) is 16.9. The molecule has 0 aromatic heterocycles. The number of amides is 1. The standard InChI is InChI=1S/C14H16ClFN2O4/c1-14(2,3)22-13(19)17-6-4-5-9-7-11(16)12(18(20)21)8-10(9)15/h4-5,7-8H,6H2,1-3H3,(H,17,19). The molecule has 0 unspecified atom stereocenters. The first kappa shape index (κ1) is 17.9. The second-order valence-corrected chi connectivity index (χ2v) is 5.77. The van der Waals surface area contributed by atoms with E-state index in [1.807, 2.05) is 0 Å². The minimum absolute atomic E-state index is 0.0432. The Balaban J connectivity index is 2.66. The van der Waals surface area contributed by atoms with Gasteiger partial charge in [0.2, 0.25) is 5.82 Å². The topological polar surface area (TPSA) is 81.5 Å². The van der Waals surface area contributed by atoms with Crippen molar-refractivity contribution in [1.82, 2.24) is 5.32 Å². The van der Waals surface area contributed by atoms with Crippen LogP contribution in [0.5, 0.6) is 0 Å². The number of carbonyl (C=O) groups is 1. The van der Waals surface area contributed by atoms with Crippen LogP contribution in [0, 0.1) is 15.9 Å². The summed E-state index contributed by atoms with van der Waals surface area (Å²) in [6, 6.07) is 1.91. The normalized spacial score (nSPS) is 11.5. The summed E-state index contributed by atoms with van der Waals surface area (Å²) in [5, 5.41) is 13.1. The summed E-state index contributed by atoms with van der Waals surface area (Å²) in [7, 11) is 0. The van der Waals surface area contributed by atoms with Crippen LogP contribution in [0.1, 0.15) is 26.3 Å². The van der Waals surface area contributed by atoms with Crippen molar-refractivity contribution in [2.75, 3.05) is 6.54 Å². The van der Waals surface area contributed by atoms with Crippen molar-refractivity contribution in [3.63, 3.8) is 0 Å². The van der Waals surface area contributed by atoms with Gasteiger partial charge in [-0.25, -0.2) is 4.79 Å². The van der Waals surface area contributed by atoms with E-state index in [-0.39, 0.29) is 17.1 Å². The van der Waals surface area contributed by atoms with Gasteiger partial charge in [-0.05, 0) is 32.4 Å². The number of nitrogens with one attached hydrogen (secondary N) is 1. The van der Waals surface area contributed by atoms with Gasteiger partial charge in [0.05, 0.1) is 9.95 Å². The van der Waals surface area contributed by atoms with E-state index in [0.717, 1.165) is 12.1 Å². The van der Waals surface area contributed by atoms with Gasteiger partial charge in [0.15, 0.2) is 0 Å². The van der Waals surface area contributed by atoms with Gasteiger partial charge in [0.1, 0.15) is 5.60 Å². The first-order chi connectivity index (χ1) is 10.1. The zero-order valence-corrected chi connectivity index (χ0v) is 13.1. The van der Waals surface area contributed by atoms with Gasteiger partial charge in [0.25, 0.3) is 0 Å². The molecule has 6 nitrogen and oxygen atoms in total. The molecule has 120 valence electrons. The highest BCUT2D eigenvalue weighted by Gasteiger charge is 2.17. The van der Waals surface area contributed by atoms with Gasteiger partial charge in [-0.3, -0.25) is 10.1 Å². The third-order valence-electron chi connectivity index (χ3n) is 2.32. The summed E-state index contributed by atoms with van der Waals surface area (Å²) >= 11 is 5.84. The van der Waals surface area contributed by atoms with Crippen LogP contribution in [-0.2, 0) is 4.74 Å². The van der Waals surface area contributed by atoms with Crippen LogP contribution in [-0.4, -0.2) is 23.2 Å². The first-order valence-electron chi connectivity index (χ1n) is 6.37. The van der Waals surface area contributed by atoms with Gasteiger partial charge >= 0.3 is 11.8 Å². The Bertz CT molecular complexity index is 612. The molecule has 1 aromatic rings. The summed E-state index contributed by atoms with van der Waals surface area (Å²) in [4.78, 5) is 21.1. The fourth-order valence-electron chi connectivity index (χ4n) is 1.46. The van der Waals surface area contributed by atoms with E-state index in [9.17, 15) is 19.3 Å². The van der Waals surface area contributed by atoms with E-state index in [1.165, 1.54) is 12.2 Å². The lowest BCUT2D eigenvalue weighted by atomic mass is 10.2. The average molecular weight is 331 g/mol. The number of rotatable bonds is 4. The van der Waals surface area contributed by atoms with E-state index in [0.29, 0.717) is 0 Å². The van der Waals surface area contributed by atoms with Crippen molar-refractivity contribution >= 4 is 29.5 Å². The molecule has 0 saturated heterocycles. The number of hydrogen-bond donors (Lipinski definition) is 1. The summed E-state index contributed by atoms with van der Waals surface area (Å²) < 4.78 is 18.5. The predicted octanol–water partition coefficient (Wildman–Crippen LogP) is 3.93. The number of ether oxygens (including phenoxy) is 1. The lowest BCUT2D eigenvalue weighted by Gasteiger charge is -2.19. The monoisotopic (exact) mass is 330 g/mol. The number of hydrogen-bond acceptors (Lipinski definition) is 4. The fraction of sp³-hybridized carbons (Fsp3) is 0.357. The maximum absolute atomic E-state index is 13.5. The van der Waals surface area contributed by atoms with E-state index < -0.39 is 28.1 Å². The maximum Gasteiger partial charge on any atom is 0.407 e. The molecule has 0 saturated carbocycles. The van der Waals surface area contributed by atoms with E-state index in [1.54, 1.807) is 20.8 Å². The highest BCUT2D eigenvalue weighted by Crippen LogP contribution is 2.26. The summed E-state index contributed by atoms with van der Waals surface area (Å²) in [6.07, 6.45) is 2.39. The lowest BCUT2D eigenvalue weighted by molar-refractivity contribution is -0.387. The van der Waals surface area contributed by atoms with Crippen molar-refractivity contribution in [1.29, 1.82) is 0 Å². The molecule has 0 bridgehead atoms. The predicted molar refractivity (Wildman–Crippen MR) is 81.3 cm³/mol. The molecular weight excluding hydrogens is 315 g/mol. The third kappa shape index (κ3) is 5.69. The van der Waals surface area contributed by atoms with E-state index >= 15 is 0 Å². The van der Waals surface area contributed by atoms with E-state index in [4.69, 9.17) is 16.3 Å². The van der Waals surface area contributed by atoms with Crippen molar-refractivity contribution < 1.29 is 18.8 Å². The van der Waals surface area contributed by atoms with Gasteiger partial charge in [0, 0.05) is 12.6 Å². The third-order valence-corrected chi connectivity index (χ3v) is 2.65. The Kier molecular flexibility index (Phi) is 5.87. The van der Waals surface area contributed by atoms with Crippen molar-refractivity contribution in [2.24, 2.45) is 0 Å². The molecule has 0 heterocycles. The van der Waals surface area contributed by atoms with Gasteiger partial charge < -0.3 is 10.1 Å². The second-order valence-electron chi connectivity index (χ2n) is 5.37. The molecule has 1 amide bonds. The van der Waals surface area contributed by atoms with E-state index in [2.05, 4.69) is 5.32 Å². The number of nitrogens with zero attached hydrogens (tertiary/aromatic N) is 1. The largest absolute Gasteiger partial charge is 0.444 e. The molecule has 0 aliphatic rings. The number of benzene rings is 1. The summed E-state index contributed by atoms with van der Waals surface area (Å²) in [5.41, 5.74) is -1.01. The lowest BCUT2D eigenvalue weighted by Crippen LogP contribution is -2.32. The zero-order valence-electron chi connectivity index (χ0n) is 12.4. The molecule has 0 radical (unpaired) electrons. The van der Waals surface area contributed by atoms with Crippen LogP contribution in [0.2, 0.25) is 5.02 Å². The highest BCUT2D eigenvalue weighted by atomic mass is 35.5. The minimum atomic E-state index is -0.978. The molecule has 0 spiro atoms. The van der Waals surface area contributed by atoms with Crippen LogP contribution in [0.3, 0.4) is 0 Å². The Morgan fingerprint density at radius 3 is 2.68 bits per heavy atom. The molecule has 8 heteroatoms. The second kappa shape index (κ2) is 7.22. The van der Waals surface area contributed by atoms with Gasteiger partial charge in [-0.15, -0.1) is 0 Å². The number of alkyl carbamates (subject to hydrolysis) is 1. The Labute approximate surface area is 132 Å². The highest BCUT2D eigenvalue weighted by molar-refractivity contribution is 6.32. The minimum Gasteiger partial charge on any atom is -0.444 e. The quantitative estimate of drug-likeness (QED) is 0.670. The summed E-state index contributed by atoms with van der Waals surface area (Å²) in [6.45, 7) is 5.36. The first-order valence-corrected chi connectivity index (χ1v) is 6.75. The van der Waals surface area contributed by atoms with Crippen LogP contribution >= 0.6 is 11.6 Å². The SMILES string of the molecule is CC(C)(C)OC(=O)NCC=Cc1cc(F)c([N+](=O)[O-])cc1Cl. The van der Waals surface area contributed by atoms with Crippen molar-refractivity contribution in [3.05, 3.63) is 44.7 Å². The molecule has 1 N–H and O–H groups in total. The number of carbonyl (C=O) groups excluding carboxylic acids is 1. The molecule has 1 aromatic carbocycles. The molecule has 0 fully saturated rings. The van der Waals surface area contributed by atoms with Crippen LogP contribution in [0.15, 0.2) is 18.2 Å². The Hall–Kier alpha value is -2.15. The molecule has 22 heavy (non-hydrogen) atoms. The molecular formula is C14H16ClFN2O4. The smallest absolute Gasteiger partial charge is 0.407 e. The van der Waals surface area contributed by atoms with Gasteiger partial charge in [-0.2, -0.15) is 4.39 Å². The molecule has 0 aliphatic heterocycles. The molecule has 1 rings (SSSR count).